The summed E-state index contributed by atoms with van der Waals surface area (Å²) in [6.07, 6.45) is 0.169. The number of carbonyl (C=O) groups is 1. The predicted octanol–water partition coefficient (Wildman–Crippen LogP) is 3.27. The number of anilines is 1. The highest BCUT2D eigenvalue weighted by atomic mass is 32.2. The van der Waals surface area contributed by atoms with Crippen molar-refractivity contribution < 1.29 is 13.2 Å². The minimum absolute atomic E-state index is 0.0600. The molecule has 1 heterocycles. The third-order valence-electron chi connectivity index (χ3n) is 3.57. The number of carbonyl (C=O) groups excluding carboxylic acids is 1. The molecule has 0 aliphatic carbocycles. The summed E-state index contributed by atoms with van der Waals surface area (Å²) in [4.78, 5) is 16.8. The lowest BCUT2D eigenvalue weighted by atomic mass is 10.1. The molecule has 1 N–H and O–H groups in total. The number of nitrogens with one attached hydrogen (secondary N) is 1. The summed E-state index contributed by atoms with van der Waals surface area (Å²) < 4.78 is 24.6. The minimum Gasteiger partial charge on any atom is -0.302 e. The molecule has 0 fully saturated rings. The number of amides is 1. The van der Waals surface area contributed by atoms with Gasteiger partial charge in [-0.15, -0.1) is 0 Å². The number of aromatic nitrogens is 1. The molecule has 0 saturated heterocycles. The van der Waals surface area contributed by atoms with Crippen LogP contribution in [0.15, 0.2) is 53.4 Å². The Hall–Kier alpha value is -2.25. The van der Waals surface area contributed by atoms with Gasteiger partial charge in [0.05, 0.1) is 27.3 Å². The first-order valence-electron chi connectivity index (χ1n) is 7.45. The molecule has 124 valence electrons. The highest BCUT2D eigenvalue weighted by Gasteiger charge is 2.12. The van der Waals surface area contributed by atoms with Gasteiger partial charge in [-0.2, -0.15) is 0 Å². The highest BCUT2D eigenvalue weighted by molar-refractivity contribution is 7.91. The van der Waals surface area contributed by atoms with Gasteiger partial charge in [0.1, 0.15) is 0 Å². The van der Waals surface area contributed by atoms with Gasteiger partial charge in [0.15, 0.2) is 15.0 Å². The van der Waals surface area contributed by atoms with Gasteiger partial charge in [-0.3, -0.25) is 4.79 Å². The standard InChI is InChI=1S/C17H16N2O3S2/c1-2-24(21,22)13-9-7-12(8-10-13)11-16(20)19-17-18-14-5-3-4-6-15(14)23-17/h3-10H,2,11H2,1H3,(H,18,19,20). The summed E-state index contributed by atoms with van der Waals surface area (Å²) in [5, 5.41) is 3.35. The average molecular weight is 360 g/mol. The molecule has 0 aliphatic heterocycles. The predicted molar refractivity (Wildman–Crippen MR) is 96.1 cm³/mol. The molecular formula is C17H16N2O3S2. The van der Waals surface area contributed by atoms with Crippen molar-refractivity contribution in [2.75, 3.05) is 11.1 Å². The lowest BCUT2D eigenvalue weighted by molar-refractivity contribution is -0.115. The van der Waals surface area contributed by atoms with Crippen molar-refractivity contribution >= 4 is 42.4 Å². The van der Waals surface area contributed by atoms with E-state index in [1.165, 1.54) is 11.3 Å². The molecule has 0 unspecified atom stereocenters. The lowest BCUT2D eigenvalue weighted by Gasteiger charge is -2.04. The Kier molecular flexibility index (Phi) is 4.64. The van der Waals surface area contributed by atoms with Crippen LogP contribution in [0.5, 0.6) is 0 Å². The Labute approximate surface area is 144 Å². The van der Waals surface area contributed by atoms with E-state index in [2.05, 4.69) is 10.3 Å². The van der Waals surface area contributed by atoms with Gasteiger partial charge in [0, 0.05) is 0 Å². The molecule has 24 heavy (non-hydrogen) atoms. The maximum Gasteiger partial charge on any atom is 0.230 e. The molecule has 0 spiro atoms. The van der Waals surface area contributed by atoms with Gasteiger partial charge in [-0.25, -0.2) is 13.4 Å². The number of para-hydroxylation sites is 1. The van der Waals surface area contributed by atoms with E-state index in [0.29, 0.717) is 5.13 Å². The molecule has 1 amide bonds. The van der Waals surface area contributed by atoms with E-state index in [1.54, 1.807) is 31.2 Å². The van der Waals surface area contributed by atoms with Gasteiger partial charge >= 0.3 is 0 Å². The monoisotopic (exact) mass is 360 g/mol. The van der Waals surface area contributed by atoms with Crippen LogP contribution in [0.25, 0.3) is 10.2 Å². The van der Waals surface area contributed by atoms with E-state index >= 15 is 0 Å². The zero-order valence-corrected chi connectivity index (χ0v) is 14.7. The summed E-state index contributed by atoms with van der Waals surface area (Å²) in [6, 6.07) is 14.1. The summed E-state index contributed by atoms with van der Waals surface area (Å²) >= 11 is 1.42. The van der Waals surface area contributed by atoms with E-state index in [9.17, 15) is 13.2 Å². The quantitative estimate of drug-likeness (QED) is 0.758. The molecular weight excluding hydrogens is 344 g/mol. The number of sulfone groups is 1. The second kappa shape index (κ2) is 6.70. The van der Waals surface area contributed by atoms with Crippen molar-refractivity contribution in [3.63, 3.8) is 0 Å². The van der Waals surface area contributed by atoms with Crippen molar-refractivity contribution in [2.24, 2.45) is 0 Å². The highest BCUT2D eigenvalue weighted by Crippen LogP contribution is 2.25. The van der Waals surface area contributed by atoms with E-state index in [0.717, 1.165) is 15.8 Å². The first-order chi connectivity index (χ1) is 11.5. The topological polar surface area (TPSA) is 76.1 Å². The Morgan fingerprint density at radius 2 is 1.83 bits per heavy atom. The number of thiazole rings is 1. The number of benzene rings is 2. The molecule has 1 aromatic heterocycles. The van der Waals surface area contributed by atoms with Crippen molar-refractivity contribution in [3.8, 4) is 0 Å². The second-order valence-electron chi connectivity index (χ2n) is 5.26. The van der Waals surface area contributed by atoms with Gasteiger partial charge in [-0.05, 0) is 29.8 Å². The van der Waals surface area contributed by atoms with Gasteiger partial charge < -0.3 is 5.32 Å². The molecule has 0 aliphatic rings. The van der Waals surface area contributed by atoms with E-state index in [-0.39, 0.29) is 23.0 Å². The van der Waals surface area contributed by atoms with Crippen LogP contribution < -0.4 is 5.32 Å². The van der Waals surface area contributed by atoms with E-state index in [1.807, 2.05) is 24.3 Å². The van der Waals surface area contributed by atoms with Crippen LogP contribution in [0, 0.1) is 0 Å². The van der Waals surface area contributed by atoms with Crippen molar-refractivity contribution in [1.82, 2.24) is 4.98 Å². The lowest BCUT2D eigenvalue weighted by Crippen LogP contribution is -2.14. The van der Waals surface area contributed by atoms with Crippen molar-refractivity contribution in [2.45, 2.75) is 18.2 Å². The fourth-order valence-electron chi connectivity index (χ4n) is 2.26. The normalized spacial score (nSPS) is 11.5. The molecule has 0 radical (unpaired) electrons. The minimum atomic E-state index is -3.22. The molecule has 7 heteroatoms. The molecule has 3 aromatic rings. The summed E-state index contributed by atoms with van der Waals surface area (Å²) in [7, 11) is -3.22. The summed E-state index contributed by atoms with van der Waals surface area (Å²) in [6.45, 7) is 1.61. The van der Waals surface area contributed by atoms with Gasteiger partial charge in [0.25, 0.3) is 0 Å². The number of rotatable bonds is 5. The van der Waals surface area contributed by atoms with Crippen LogP contribution in [0.2, 0.25) is 0 Å². The maximum atomic E-state index is 12.1. The summed E-state index contributed by atoms with van der Waals surface area (Å²) in [5.41, 5.74) is 1.61. The number of nitrogens with zero attached hydrogens (tertiary/aromatic N) is 1. The molecule has 0 bridgehead atoms. The van der Waals surface area contributed by atoms with Crippen LogP contribution in [0.1, 0.15) is 12.5 Å². The zero-order chi connectivity index (χ0) is 17.2. The maximum absolute atomic E-state index is 12.1. The first kappa shape index (κ1) is 16.6. The third-order valence-corrected chi connectivity index (χ3v) is 6.27. The van der Waals surface area contributed by atoms with Crippen LogP contribution in [0.4, 0.5) is 5.13 Å². The number of hydrogen-bond donors (Lipinski definition) is 1. The second-order valence-corrected chi connectivity index (χ2v) is 8.57. The Balaban J connectivity index is 1.68. The van der Waals surface area contributed by atoms with Crippen LogP contribution in [-0.4, -0.2) is 25.1 Å². The third kappa shape index (κ3) is 3.63. The SMILES string of the molecule is CCS(=O)(=O)c1ccc(CC(=O)Nc2nc3ccccc3s2)cc1. The smallest absolute Gasteiger partial charge is 0.230 e. The van der Waals surface area contributed by atoms with Crippen molar-refractivity contribution in [3.05, 3.63) is 54.1 Å². The molecule has 3 rings (SSSR count). The van der Waals surface area contributed by atoms with E-state index in [4.69, 9.17) is 0 Å². The van der Waals surface area contributed by atoms with E-state index < -0.39 is 9.84 Å². The molecule has 2 aromatic carbocycles. The van der Waals surface area contributed by atoms with Gasteiger partial charge in [-0.1, -0.05) is 42.5 Å². The average Bonchev–Trinajstić information content (AvgIpc) is 2.97. The van der Waals surface area contributed by atoms with Crippen LogP contribution in [0.3, 0.4) is 0 Å². The van der Waals surface area contributed by atoms with Gasteiger partial charge in [0.2, 0.25) is 5.91 Å². The Bertz CT molecular complexity index is 943. The number of fused-ring (bicyclic) bond motifs is 1. The van der Waals surface area contributed by atoms with Crippen molar-refractivity contribution in [1.29, 1.82) is 0 Å². The van der Waals surface area contributed by atoms with Crippen LogP contribution >= 0.6 is 11.3 Å². The molecule has 0 atom stereocenters. The zero-order valence-electron chi connectivity index (χ0n) is 13.0. The largest absolute Gasteiger partial charge is 0.302 e. The molecule has 5 nitrogen and oxygen atoms in total. The summed E-state index contributed by atoms with van der Waals surface area (Å²) in [5.74, 6) is -0.120. The Morgan fingerprint density at radius 1 is 1.12 bits per heavy atom. The fraction of sp³-hybridized carbons (Fsp3) is 0.176. The number of hydrogen-bond acceptors (Lipinski definition) is 5. The fourth-order valence-corrected chi connectivity index (χ4v) is 4.02. The molecule has 0 saturated carbocycles. The Morgan fingerprint density at radius 3 is 2.50 bits per heavy atom. The first-order valence-corrected chi connectivity index (χ1v) is 9.92. The van der Waals surface area contributed by atoms with Crippen LogP contribution in [-0.2, 0) is 21.1 Å².